The smallest absolute Gasteiger partial charge is 0.267 e. The van der Waals surface area contributed by atoms with Crippen LogP contribution in [-0.4, -0.2) is 20.1 Å². The van der Waals surface area contributed by atoms with E-state index in [-0.39, 0.29) is 11.3 Å². The summed E-state index contributed by atoms with van der Waals surface area (Å²) in [5.41, 5.74) is 1.89. The Kier molecular flexibility index (Phi) is 4.36. The van der Waals surface area contributed by atoms with Crippen molar-refractivity contribution in [1.29, 1.82) is 0 Å². The van der Waals surface area contributed by atoms with E-state index < -0.39 is 16.0 Å². The first-order chi connectivity index (χ1) is 5.89. The minimum absolute atomic E-state index is 0.161. The Labute approximate surface area is 77.2 Å². The molecule has 5 nitrogen and oxygen atoms in total. The van der Waals surface area contributed by atoms with Crippen LogP contribution in [0.4, 0.5) is 0 Å². The predicted molar refractivity (Wildman–Crippen MR) is 48.0 cm³/mol. The van der Waals surface area contributed by atoms with Crippen molar-refractivity contribution in [3.63, 3.8) is 0 Å². The fourth-order valence-corrected chi connectivity index (χ4v) is 0.926. The zero-order chi connectivity index (χ0) is 10.5. The summed E-state index contributed by atoms with van der Waals surface area (Å²) in [5, 5.41) is 0. The fourth-order valence-electron chi connectivity index (χ4n) is 0.367. The van der Waals surface area contributed by atoms with Crippen LogP contribution in [0.25, 0.3) is 0 Å². The molecular weight excluding hydrogens is 194 g/mol. The molecule has 0 unspecified atom stereocenters. The van der Waals surface area contributed by atoms with E-state index in [1.807, 2.05) is 0 Å². The molecule has 0 aliphatic heterocycles. The lowest BCUT2D eigenvalue weighted by Gasteiger charge is -2.03. The van der Waals surface area contributed by atoms with Crippen molar-refractivity contribution in [2.45, 2.75) is 6.92 Å². The molecule has 0 saturated heterocycles. The van der Waals surface area contributed by atoms with Gasteiger partial charge < -0.3 is 0 Å². The Morgan fingerprint density at radius 1 is 1.62 bits per heavy atom. The molecule has 1 amide bonds. The molecule has 0 radical (unpaired) electrons. The highest BCUT2D eigenvalue weighted by atomic mass is 32.2. The number of hydrogen-bond acceptors (Lipinski definition) is 4. The molecule has 0 fully saturated rings. The first-order valence-electron chi connectivity index (χ1n) is 3.37. The standard InChI is InChI=1S/C7H11NO4S/c1-4-5-13(10,11)12-8-7(9)6(2)3/h4H,1-2,5H2,3H3,(H,8,9). The highest BCUT2D eigenvalue weighted by molar-refractivity contribution is 7.86. The average molecular weight is 205 g/mol. The molecule has 13 heavy (non-hydrogen) atoms. The van der Waals surface area contributed by atoms with Gasteiger partial charge in [-0.2, -0.15) is 8.42 Å². The SMILES string of the molecule is C=CCS(=O)(=O)ONC(=O)C(=C)C. The van der Waals surface area contributed by atoms with Gasteiger partial charge in [0.1, 0.15) is 0 Å². The van der Waals surface area contributed by atoms with Crippen molar-refractivity contribution < 1.29 is 17.5 Å². The number of hydrogen-bond donors (Lipinski definition) is 1. The lowest BCUT2D eigenvalue weighted by molar-refractivity contribution is -0.123. The van der Waals surface area contributed by atoms with Crippen LogP contribution in [0.3, 0.4) is 0 Å². The number of hydroxylamine groups is 1. The van der Waals surface area contributed by atoms with Crippen molar-refractivity contribution in [2.24, 2.45) is 0 Å². The summed E-state index contributed by atoms with van der Waals surface area (Å²) in [6.45, 7) is 7.94. The molecule has 1 N–H and O–H groups in total. The maximum atomic E-state index is 10.8. The summed E-state index contributed by atoms with van der Waals surface area (Å²) >= 11 is 0. The predicted octanol–water partition coefficient (Wildman–Crippen LogP) is 0.126. The summed E-state index contributed by atoms with van der Waals surface area (Å²) in [6.07, 6.45) is 1.16. The molecule has 0 aromatic rings. The third-order valence-corrected chi connectivity index (χ3v) is 1.95. The second kappa shape index (κ2) is 4.78. The fraction of sp³-hybridized carbons (Fsp3) is 0.286. The van der Waals surface area contributed by atoms with Gasteiger partial charge in [0.25, 0.3) is 16.0 Å². The normalized spacial score (nSPS) is 10.5. The van der Waals surface area contributed by atoms with Gasteiger partial charge in [0.05, 0.1) is 5.75 Å². The maximum absolute atomic E-state index is 10.8. The minimum atomic E-state index is -3.75. The van der Waals surface area contributed by atoms with Crippen LogP contribution in [-0.2, 0) is 19.2 Å². The van der Waals surface area contributed by atoms with E-state index in [0.717, 1.165) is 6.08 Å². The van der Waals surface area contributed by atoms with Gasteiger partial charge in [-0.05, 0) is 6.92 Å². The molecule has 0 heterocycles. The molecular formula is C7H11NO4S. The Hall–Kier alpha value is -1.14. The third-order valence-electron chi connectivity index (χ3n) is 0.971. The summed E-state index contributed by atoms with van der Waals surface area (Å²) < 4.78 is 25.8. The van der Waals surface area contributed by atoms with Crippen LogP contribution in [0.2, 0.25) is 0 Å². The first-order valence-corrected chi connectivity index (χ1v) is 4.94. The quantitative estimate of drug-likeness (QED) is 0.393. The Morgan fingerprint density at radius 2 is 2.15 bits per heavy atom. The number of nitrogens with one attached hydrogen (secondary N) is 1. The lowest BCUT2D eigenvalue weighted by atomic mass is 10.3. The summed E-state index contributed by atoms with van der Waals surface area (Å²) in [4.78, 5) is 10.8. The Bertz CT molecular complexity index is 317. The lowest BCUT2D eigenvalue weighted by Crippen LogP contribution is -2.28. The molecule has 74 valence electrons. The Morgan fingerprint density at radius 3 is 2.54 bits per heavy atom. The van der Waals surface area contributed by atoms with Crippen LogP contribution in [0.15, 0.2) is 24.8 Å². The molecule has 0 saturated carbocycles. The van der Waals surface area contributed by atoms with Gasteiger partial charge in [0.2, 0.25) is 0 Å². The third kappa shape index (κ3) is 5.15. The van der Waals surface area contributed by atoms with Crippen LogP contribution in [0, 0.1) is 0 Å². The number of amides is 1. The number of carbonyl (C=O) groups excluding carboxylic acids is 1. The highest BCUT2D eigenvalue weighted by Crippen LogP contribution is 1.92. The molecule has 0 spiro atoms. The molecule has 0 aliphatic rings. The first kappa shape index (κ1) is 11.9. The molecule has 0 rings (SSSR count). The van der Waals surface area contributed by atoms with E-state index in [1.54, 1.807) is 5.48 Å². The van der Waals surface area contributed by atoms with Crippen molar-refractivity contribution in [2.75, 3.05) is 5.75 Å². The average Bonchev–Trinajstić information content (AvgIpc) is 2.00. The van der Waals surface area contributed by atoms with Gasteiger partial charge in [-0.1, -0.05) is 12.7 Å². The van der Waals surface area contributed by atoms with Gasteiger partial charge in [-0.15, -0.1) is 10.9 Å². The Balaban J connectivity index is 4.10. The van der Waals surface area contributed by atoms with Crippen LogP contribution in [0.5, 0.6) is 0 Å². The monoisotopic (exact) mass is 205 g/mol. The zero-order valence-electron chi connectivity index (χ0n) is 7.24. The van der Waals surface area contributed by atoms with E-state index in [0.29, 0.717) is 0 Å². The zero-order valence-corrected chi connectivity index (χ0v) is 8.06. The highest BCUT2D eigenvalue weighted by Gasteiger charge is 2.11. The van der Waals surface area contributed by atoms with Gasteiger partial charge in [-0.25, -0.2) is 5.48 Å². The summed E-state index contributed by atoms with van der Waals surface area (Å²) in [6, 6.07) is 0. The number of rotatable bonds is 5. The molecule has 0 atom stereocenters. The van der Waals surface area contributed by atoms with Crippen LogP contribution in [0.1, 0.15) is 6.92 Å². The van der Waals surface area contributed by atoms with Crippen molar-refractivity contribution in [1.82, 2.24) is 5.48 Å². The van der Waals surface area contributed by atoms with Crippen molar-refractivity contribution in [3.8, 4) is 0 Å². The second-order valence-corrected chi connectivity index (χ2v) is 3.92. The summed E-state index contributed by atoms with van der Waals surface area (Å²) in [5.74, 6) is -1.03. The summed E-state index contributed by atoms with van der Waals surface area (Å²) in [7, 11) is -3.75. The largest absolute Gasteiger partial charge is 0.291 e. The van der Waals surface area contributed by atoms with Crippen molar-refractivity contribution in [3.05, 3.63) is 24.8 Å². The second-order valence-electron chi connectivity index (χ2n) is 2.31. The van der Waals surface area contributed by atoms with Crippen LogP contribution >= 0.6 is 0 Å². The molecule has 0 aromatic carbocycles. The van der Waals surface area contributed by atoms with E-state index in [1.165, 1.54) is 6.92 Å². The molecule has 0 bridgehead atoms. The molecule has 0 aromatic heterocycles. The van der Waals surface area contributed by atoms with Gasteiger partial charge in [0.15, 0.2) is 0 Å². The van der Waals surface area contributed by atoms with E-state index in [4.69, 9.17) is 0 Å². The van der Waals surface area contributed by atoms with Gasteiger partial charge >= 0.3 is 0 Å². The minimum Gasteiger partial charge on any atom is -0.267 e. The van der Waals surface area contributed by atoms with E-state index >= 15 is 0 Å². The van der Waals surface area contributed by atoms with Crippen LogP contribution < -0.4 is 5.48 Å². The molecule has 0 aliphatic carbocycles. The van der Waals surface area contributed by atoms with E-state index in [9.17, 15) is 13.2 Å². The van der Waals surface area contributed by atoms with Crippen molar-refractivity contribution >= 4 is 16.0 Å². The topological polar surface area (TPSA) is 72.5 Å². The number of carbonyl (C=O) groups is 1. The van der Waals surface area contributed by atoms with E-state index in [2.05, 4.69) is 17.4 Å². The maximum Gasteiger partial charge on any atom is 0.291 e. The molecule has 6 heteroatoms. The van der Waals surface area contributed by atoms with Gasteiger partial charge in [0, 0.05) is 5.57 Å². The van der Waals surface area contributed by atoms with Gasteiger partial charge in [-0.3, -0.25) is 4.79 Å².